The minimum atomic E-state index is 0.567. The predicted molar refractivity (Wildman–Crippen MR) is 81.9 cm³/mol. The lowest BCUT2D eigenvalue weighted by Crippen LogP contribution is -2.12. The number of hydrogen-bond donors (Lipinski definition) is 1. The van der Waals surface area contributed by atoms with E-state index in [4.69, 9.17) is 15.2 Å². The van der Waals surface area contributed by atoms with Gasteiger partial charge in [0.05, 0.1) is 25.3 Å². The lowest BCUT2D eigenvalue weighted by atomic mass is 10.1. The zero-order valence-electron chi connectivity index (χ0n) is 12.4. The van der Waals surface area contributed by atoms with E-state index in [9.17, 15) is 0 Å². The largest absolute Gasteiger partial charge is 0.496 e. The van der Waals surface area contributed by atoms with Crippen LogP contribution < -0.4 is 20.1 Å². The molecule has 108 valence electrons. The lowest BCUT2D eigenvalue weighted by molar-refractivity contribution is 0.409. The second-order valence-corrected chi connectivity index (χ2v) is 4.76. The zero-order valence-corrected chi connectivity index (χ0v) is 12.4. The average molecular weight is 275 g/mol. The summed E-state index contributed by atoms with van der Waals surface area (Å²) in [5.41, 5.74) is 8.46. The molecule has 2 N–H and O–H groups in total. The Morgan fingerprint density at radius 1 is 1.15 bits per heavy atom. The Hall–Kier alpha value is -2.01. The summed E-state index contributed by atoms with van der Waals surface area (Å²) < 4.78 is 10.9. The maximum Gasteiger partial charge on any atom is 0.145 e. The molecule has 20 heavy (non-hydrogen) atoms. The smallest absolute Gasteiger partial charge is 0.145 e. The first kappa shape index (κ1) is 14.4. The Balaban J connectivity index is 2.83. The van der Waals surface area contributed by atoms with Crippen molar-refractivity contribution in [3.8, 4) is 11.5 Å². The molecule has 0 spiro atoms. The number of rotatable bonds is 5. The molecule has 0 radical (unpaired) electrons. The first-order chi connectivity index (χ1) is 9.62. The molecule has 1 aromatic carbocycles. The molecular weight excluding hydrogens is 254 g/mol. The molecule has 0 amide bonds. The average Bonchev–Trinajstić information content (AvgIpc) is 2.45. The van der Waals surface area contributed by atoms with E-state index in [2.05, 4.69) is 11.1 Å². The summed E-state index contributed by atoms with van der Waals surface area (Å²) in [6.07, 6.45) is 0.733. The summed E-state index contributed by atoms with van der Waals surface area (Å²) in [5.74, 6) is 1.53. The van der Waals surface area contributed by atoms with Gasteiger partial charge in [0.15, 0.2) is 0 Å². The molecule has 0 unspecified atom stereocenters. The highest BCUT2D eigenvalue weighted by Gasteiger charge is 2.15. The number of nitrogens with zero attached hydrogens (tertiary/aromatic N) is 2. The molecule has 0 saturated carbocycles. The number of fused-ring (bicyclic) bond motifs is 1. The first-order valence-corrected chi connectivity index (χ1v) is 6.54. The van der Waals surface area contributed by atoms with Crippen molar-refractivity contribution in [1.82, 2.24) is 4.98 Å². The summed E-state index contributed by atoms with van der Waals surface area (Å²) in [7, 11) is 7.31. The Kier molecular flexibility index (Phi) is 4.29. The number of ether oxygens (including phenoxy) is 2. The van der Waals surface area contributed by atoms with E-state index in [0.29, 0.717) is 6.54 Å². The maximum atomic E-state index is 5.65. The summed E-state index contributed by atoms with van der Waals surface area (Å²) in [4.78, 5) is 6.72. The number of nitrogens with two attached hydrogens (primary N) is 1. The van der Waals surface area contributed by atoms with E-state index >= 15 is 0 Å². The van der Waals surface area contributed by atoms with Crippen LogP contribution in [0.5, 0.6) is 11.5 Å². The van der Waals surface area contributed by atoms with E-state index in [1.54, 1.807) is 14.2 Å². The molecule has 1 heterocycles. The van der Waals surface area contributed by atoms with Crippen LogP contribution in [0, 0.1) is 0 Å². The van der Waals surface area contributed by atoms with Crippen LogP contribution in [0.3, 0.4) is 0 Å². The number of benzene rings is 1. The van der Waals surface area contributed by atoms with Gasteiger partial charge >= 0.3 is 0 Å². The summed E-state index contributed by atoms with van der Waals surface area (Å²) >= 11 is 0. The Bertz CT molecular complexity index is 612. The molecule has 5 nitrogen and oxygen atoms in total. The maximum absolute atomic E-state index is 5.65. The van der Waals surface area contributed by atoms with Gasteiger partial charge < -0.3 is 20.1 Å². The Labute approximate surface area is 119 Å². The van der Waals surface area contributed by atoms with Crippen molar-refractivity contribution < 1.29 is 9.47 Å². The van der Waals surface area contributed by atoms with E-state index in [0.717, 1.165) is 40.2 Å². The fraction of sp³-hybridized carbons (Fsp3) is 0.400. The normalized spacial score (nSPS) is 10.7. The van der Waals surface area contributed by atoms with Gasteiger partial charge in [0.1, 0.15) is 17.0 Å². The quantitative estimate of drug-likeness (QED) is 0.902. The number of pyridine rings is 1. The van der Waals surface area contributed by atoms with Crippen molar-refractivity contribution >= 4 is 16.6 Å². The second-order valence-electron chi connectivity index (χ2n) is 4.76. The third-order valence-electron chi connectivity index (χ3n) is 3.24. The van der Waals surface area contributed by atoms with Crippen LogP contribution in [0.4, 0.5) is 5.69 Å². The number of aromatic nitrogens is 1. The monoisotopic (exact) mass is 275 g/mol. The van der Waals surface area contributed by atoms with E-state index < -0.39 is 0 Å². The van der Waals surface area contributed by atoms with Crippen LogP contribution in [0.1, 0.15) is 5.69 Å². The summed E-state index contributed by atoms with van der Waals surface area (Å²) in [5, 5.41) is 0.956. The number of anilines is 1. The minimum Gasteiger partial charge on any atom is -0.496 e. The molecule has 2 rings (SSSR count). The molecule has 0 aliphatic heterocycles. The molecule has 2 aromatic rings. The van der Waals surface area contributed by atoms with Gasteiger partial charge in [0, 0.05) is 26.2 Å². The fourth-order valence-electron chi connectivity index (χ4n) is 2.28. The second kappa shape index (κ2) is 5.96. The molecule has 0 saturated heterocycles. The Morgan fingerprint density at radius 2 is 1.80 bits per heavy atom. The summed E-state index contributed by atoms with van der Waals surface area (Å²) in [6.45, 7) is 0.567. The molecule has 1 aromatic heterocycles. The van der Waals surface area contributed by atoms with Crippen LogP contribution >= 0.6 is 0 Å². The molecule has 0 aliphatic rings. The van der Waals surface area contributed by atoms with Crippen LogP contribution in [-0.4, -0.2) is 39.8 Å². The van der Waals surface area contributed by atoms with Crippen molar-refractivity contribution in [2.24, 2.45) is 5.73 Å². The minimum absolute atomic E-state index is 0.567. The highest BCUT2D eigenvalue weighted by molar-refractivity contribution is 6.00. The van der Waals surface area contributed by atoms with Gasteiger partial charge in [0.25, 0.3) is 0 Å². The topological polar surface area (TPSA) is 60.6 Å². The molecule has 0 fully saturated rings. The van der Waals surface area contributed by atoms with E-state index in [1.165, 1.54) is 0 Å². The molecule has 0 bridgehead atoms. The predicted octanol–water partition coefficient (Wildman–Crippen LogP) is 1.82. The molecule has 0 aliphatic carbocycles. The SMILES string of the molecule is COc1ccc(OC)c2c(N(C)C)cc(CCN)nc12. The van der Waals surface area contributed by atoms with Crippen molar-refractivity contribution in [3.63, 3.8) is 0 Å². The number of hydrogen-bond acceptors (Lipinski definition) is 5. The van der Waals surface area contributed by atoms with Crippen molar-refractivity contribution in [1.29, 1.82) is 0 Å². The highest BCUT2D eigenvalue weighted by Crippen LogP contribution is 2.38. The third-order valence-corrected chi connectivity index (χ3v) is 3.24. The van der Waals surface area contributed by atoms with Gasteiger partial charge in [0.2, 0.25) is 0 Å². The summed E-state index contributed by atoms with van der Waals surface area (Å²) in [6, 6.07) is 5.83. The standard InChI is InChI=1S/C15H21N3O2/c1-18(2)11-9-10(7-8-16)17-15-13(20-4)6-5-12(19-3)14(11)15/h5-6,9H,7-8,16H2,1-4H3. The van der Waals surface area contributed by atoms with Gasteiger partial charge in [-0.25, -0.2) is 4.98 Å². The molecular formula is C15H21N3O2. The van der Waals surface area contributed by atoms with Crippen LogP contribution in [-0.2, 0) is 6.42 Å². The van der Waals surface area contributed by atoms with Crippen molar-refractivity contribution in [2.45, 2.75) is 6.42 Å². The van der Waals surface area contributed by atoms with E-state index in [-0.39, 0.29) is 0 Å². The van der Waals surface area contributed by atoms with Crippen LogP contribution in [0.25, 0.3) is 10.9 Å². The molecule has 5 heteroatoms. The van der Waals surface area contributed by atoms with Crippen molar-refractivity contribution in [2.75, 3.05) is 39.8 Å². The van der Waals surface area contributed by atoms with Crippen LogP contribution in [0.15, 0.2) is 18.2 Å². The van der Waals surface area contributed by atoms with E-state index in [1.807, 2.05) is 31.1 Å². The van der Waals surface area contributed by atoms with Crippen molar-refractivity contribution in [3.05, 3.63) is 23.9 Å². The van der Waals surface area contributed by atoms with Gasteiger partial charge in [-0.3, -0.25) is 0 Å². The van der Waals surface area contributed by atoms with Gasteiger partial charge in [-0.05, 0) is 24.7 Å². The fourth-order valence-corrected chi connectivity index (χ4v) is 2.28. The van der Waals surface area contributed by atoms with Gasteiger partial charge in [-0.1, -0.05) is 0 Å². The first-order valence-electron chi connectivity index (χ1n) is 6.54. The highest BCUT2D eigenvalue weighted by atomic mass is 16.5. The third kappa shape index (κ3) is 2.49. The van der Waals surface area contributed by atoms with Gasteiger partial charge in [-0.15, -0.1) is 0 Å². The zero-order chi connectivity index (χ0) is 14.7. The molecule has 0 atom stereocenters. The Morgan fingerprint density at radius 3 is 2.35 bits per heavy atom. The lowest BCUT2D eigenvalue weighted by Gasteiger charge is -2.19. The number of methoxy groups -OCH3 is 2. The van der Waals surface area contributed by atoms with Crippen LogP contribution in [0.2, 0.25) is 0 Å². The van der Waals surface area contributed by atoms with Gasteiger partial charge in [-0.2, -0.15) is 0 Å².